The molecule has 0 spiro atoms. The van der Waals surface area contributed by atoms with Gasteiger partial charge in [0.2, 0.25) is 0 Å². The van der Waals surface area contributed by atoms with Crippen molar-refractivity contribution in [2.45, 2.75) is 24.8 Å². The molecular formula is C7H14FNO. The first-order valence-corrected chi connectivity index (χ1v) is 3.75. The molecule has 0 heterocycles. The molecule has 0 saturated heterocycles. The first-order chi connectivity index (χ1) is 4.83. The van der Waals surface area contributed by atoms with Crippen molar-refractivity contribution in [3.8, 4) is 0 Å². The Kier molecular flexibility index (Phi) is 2.63. The number of alkyl halides is 1. The van der Waals surface area contributed by atoms with E-state index < -0.39 is 0 Å². The predicted octanol–water partition coefficient (Wildman–Crippen LogP) is 0.460. The second-order valence-electron chi connectivity index (χ2n) is 2.91. The molecule has 0 aromatic carbocycles. The first-order valence-electron chi connectivity index (χ1n) is 3.75. The highest BCUT2D eigenvalue weighted by atomic mass is 19.1. The molecule has 0 aliphatic heterocycles. The van der Waals surface area contributed by atoms with E-state index in [-0.39, 0.29) is 18.8 Å². The van der Waals surface area contributed by atoms with Crippen LogP contribution in [-0.2, 0) is 0 Å². The second-order valence-corrected chi connectivity index (χ2v) is 2.91. The van der Waals surface area contributed by atoms with Gasteiger partial charge in [-0.05, 0) is 25.8 Å². The monoisotopic (exact) mass is 147 g/mol. The summed E-state index contributed by atoms with van der Waals surface area (Å²) in [6.45, 7) is 0.616. The quantitative estimate of drug-likeness (QED) is 0.554. The van der Waals surface area contributed by atoms with Gasteiger partial charge in [-0.25, -0.2) is 0 Å². The van der Waals surface area contributed by atoms with E-state index in [1.165, 1.54) is 0 Å². The van der Waals surface area contributed by atoms with Crippen molar-refractivity contribution < 1.29 is 9.50 Å². The lowest BCUT2D eigenvalue weighted by atomic mass is 10.3. The molecule has 1 aliphatic carbocycles. The molecule has 0 unspecified atom stereocenters. The van der Waals surface area contributed by atoms with Crippen LogP contribution in [0.3, 0.4) is 0 Å². The van der Waals surface area contributed by atoms with E-state index in [1.54, 1.807) is 0 Å². The molecule has 0 atom stereocenters. The Balaban J connectivity index is 2.01. The Labute approximate surface area is 60.4 Å². The van der Waals surface area contributed by atoms with Crippen LogP contribution < -0.4 is 5.32 Å². The largest absolute Gasteiger partial charge is 0.394 e. The summed E-state index contributed by atoms with van der Waals surface area (Å²) in [5, 5.41) is 11.9. The molecule has 2 N–H and O–H groups in total. The van der Waals surface area contributed by atoms with Crippen molar-refractivity contribution in [3.63, 3.8) is 0 Å². The van der Waals surface area contributed by atoms with E-state index in [0.29, 0.717) is 13.0 Å². The van der Waals surface area contributed by atoms with Crippen LogP contribution >= 0.6 is 0 Å². The van der Waals surface area contributed by atoms with Gasteiger partial charge in [0.05, 0.1) is 13.3 Å². The smallest absolute Gasteiger partial charge is 0.0906 e. The fourth-order valence-corrected chi connectivity index (χ4v) is 0.962. The number of hydrogen-bond acceptors (Lipinski definition) is 2. The third-order valence-corrected chi connectivity index (χ3v) is 1.97. The van der Waals surface area contributed by atoms with Crippen molar-refractivity contribution in [2.75, 3.05) is 19.8 Å². The lowest BCUT2D eigenvalue weighted by Crippen LogP contribution is -2.35. The summed E-state index contributed by atoms with van der Waals surface area (Å²) in [6.07, 6.45) is 2.63. The van der Waals surface area contributed by atoms with Crippen LogP contribution in [0.1, 0.15) is 19.3 Å². The highest BCUT2D eigenvalue weighted by Gasteiger charge is 2.40. The highest BCUT2D eigenvalue weighted by molar-refractivity contribution is 5.01. The summed E-state index contributed by atoms with van der Waals surface area (Å²) in [5.74, 6) is 0. The fraction of sp³-hybridized carbons (Fsp3) is 1.00. The summed E-state index contributed by atoms with van der Waals surface area (Å²) >= 11 is 0. The molecule has 0 bridgehead atoms. The van der Waals surface area contributed by atoms with Crippen LogP contribution in [0.25, 0.3) is 0 Å². The summed E-state index contributed by atoms with van der Waals surface area (Å²) < 4.78 is 11.6. The Hall–Kier alpha value is -0.150. The second kappa shape index (κ2) is 3.30. The van der Waals surface area contributed by atoms with Crippen LogP contribution in [-0.4, -0.2) is 30.5 Å². The summed E-state index contributed by atoms with van der Waals surface area (Å²) in [7, 11) is 0. The van der Waals surface area contributed by atoms with Gasteiger partial charge in [0.15, 0.2) is 0 Å². The molecular weight excluding hydrogens is 133 g/mol. The van der Waals surface area contributed by atoms with Gasteiger partial charge in [0, 0.05) is 5.54 Å². The van der Waals surface area contributed by atoms with E-state index in [4.69, 9.17) is 5.11 Å². The molecule has 0 aromatic heterocycles. The van der Waals surface area contributed by atoms with Crippen LogP contribution in [0, 0.1) is 0 Å². The SMILES string of the molecule is OCC1(NCCCF)CC1. The number of halogens is 1. The average Bonchev–Trinajstić information content (AvgIpc) is 2.70. The number of hydrogen-bond donors (Lipinski definition) is 2. The van der Waals surface area contributed by atoms with E-state index in [1.807, 2.05) is 0 Å². The molecule has 1 rings (SSSR count). The number of aliphatic hydroxyl groups excluding tert-OH is 1. The predicted molar refractivity (Wildman–Crippen MR) is 37.6 cm³/mol. The highest BCUT2D eigenvalue weighted by Crippen LogP contribution is 2.34. The Morgan fingerprint density at radius 3 is 2.60 bits per heavy atom. The zero-order chi connectivity index (χ0) is 7.45. The summed E-state index contributed by atoms with van der Waals surface area (Å²) in [5.41, 5.74) is -0.0187. The number of nitrogens with one attached hydrogen (secondary N) is 1. The third kappa shape index (κ3) is 1.92. The minimum Gasteiger partial charge on any atom is -0.394 e. The third-order valence-electron chi connectivity index (χ3n) is 1.97. The average molecular weight is 147 g/mol. The Morgan fingerprint density at radius 1 is 1.50 bits per heavy atom. The van der Waals surface area contributed by atoms with Crippen LogP contribution in [0.2, 0.25) is 0 Å². The fourth-order valence-electron chi connectivity index (χ4n) is 0.962. The summed E-state index contributed by atoms with van der Waals surface area (Å²) in [6, 6.07) is 0. The van der Waals surface area contributed by atoms with E-state index in [2.05, 4.69) is 5.32 Å². The molecule has 3 heteroatoms. The number of rotatable bonds is 5. The maximum atomic E-state index is 11.6. The van der Waals surface area contributed by atoms with Crippen molar-refractivity contribution in [1.82, 2.24) is 5.32 Å². The molecule has 1 fully saturated rings. The van der Waals surface area contributed by atoms with Crippen molar-refractivity contribution in [1.29, 1.82) is 0 Å². The molecule has 1 saturated carbocycles. The minimum absolute atomic E-state index is 0.0187. The molecule has 0 radical (unpaired) electrons. The van der Waals surface area contributed by atoms with Gasteiger partial charge in [0.1, 0.15) is 0 Å². The van der Waals surface area contributed by atoms with Gasteiger partial charge in [-0.2, -0.15) is 0 Å². The van der Waals surface area contributed by atoms with Crippen LogP contribution in [0.5, 0.6) is 0 Å². The van der Waals surface area contributed by atoms with E-state index in [0.717, 1.165) is 12.8 Å². The van der Waals surface area contributed by atoms with Crippen LogP contribution in [0.4, 0.5) is 4.39 Å². The van der Waals surface area contributed by atoms with Gasteiger partial charge in [-0.3, -0.25) is 4.39 Å². The van der Waals surface area contributed by atoms with Gasteiger partial charge in [-0.15, -0.1) is 0 Å². The molecule has 0 aromatic rings. The van der Waals surface area contributed by atoms with Gasteiger partial charge in [0.25, 0.3) is 0 Å². The molecule has 10 heavy (non-hydrogen) atoms. The van der Waals surface area contributed by atoms with Gasteiger partial charge in [-0.1, -0.05) is 0 Å². The maximum Gasteiger partial charge on any atom is 0.0906 e. The Bertz CT molecular complexity index is 104. The maximum absolute atomic E-state index is 11.6. The Morgan fingerprint density at radius 2 is 2.20 bits per heavy atom. The standard InChI is InChI=1S/C7H14FNO/c8-4-1-5-9-7(6-10)2-3-7/h9-10H,1-6H2. The normalized spacial score (nSPS) is 21.0. The van der Waals surface area contributed by atoms with Crippen LogP contribution in [0.15, 0.2) is 0 Å². The minimum atomic E-state index is -0.269. The lowest BCUT2D eigenvalue weighted by molar-refractivity contribution is 0.229. The van der Waals surface area contributed by atoms with E-state index in [9.17, 15) is 4.39 Å². The van der Waals surface area contributed by atoms with Gasteiger partial charge < -0.3 is 10.4 Å². The first kappa shape index (κ1) is 7.95. The molecule has 0 amide bonds. The van der Waals surface area contributed by atoms with Crippen molar-refractivity contribution in [2.24, 2.45) is 0 Å². The zero-order valence-electron chi connectivity index (χ0n) is 6.07. The summed E-state index contributed by atoms with van der Waals surface area (Å²) in [4.78, 5) is 0. The lowest BCUT2D eigenvalue weighted by Gasteiger charge is -2.12. The van der Waals surface area contributed by atoms with E-state index >= 15 is 0 Å². The molecule has 2 nitrogen and oxygen atoms in total. The van der Waals surface area contributed by atoms with Crippen molar-refractivity contribution >= 4 is 0 Å². The zero-order valence-corrected chi connectivity index (χ0v) is 6.07. The topological polar surface area (TPSA) is 32.3 Å². The number of aliphatic hydroxyl groups is 1. The molecule has 60 valence electrons. The van der Waals surface area contributed by atoms with Crippen molar-refractivity contribution in [3.05, 3.63) is 0 Å². The molecule has 1 aliphatic rings. The van der Waals surface area contributed by atoms with Gasteiger partial charge >= 0.3 is 0 Å².